The summed E-state index contributed by atoms with van der Waals surface area (Å²) < 4.78 is 11.9. The highest BCUT2D eigenvalue weighted by atomic mass is 16.5. The number of fused-ring (bicyclic) bond motifs is 1. The number of carboxylic acid groups (broad SMARTS) is 1. The molecular weight excluding hydrogens is 494 g/mol. The van der Waals surface area contributed by atoms with Crippen LogP contribution in [-0.4, -0.2) is 54.9 Å². The number of aliphatic imine (C=N–C) groups is 2. The van der Waals surface area contributed by atoms with Crippen LogP contribution in [0.2, 0.25) is 0 Å². The number of carboxylic acids is 1. The first-order chi connectivity index (χ1) is 18.1. The maximum absolute atomic E-state index is 12.6. The summed E-state index contributed by atoms with van der Waals surface area (Å²) in [5.74, 6) is -1.53. The van der Waals surface area contributed by atoms with Crippen molar-refractivity contribution in [3.8, 4) is 17.6 Å². The monoisotopic (exact) mass is 517 g/mol. The zero-order valence-corrected chi connectivity index (χ0v) is 20.3. The molecule has 0 aliphatic carbocycles. The Balaban J connectivity index is 1.76. The van der Waals surface area contributed by atoms with Crippen LogP contribution in [0.25, 0.3) is 0 Å². The summed E-state index contributed by atoms with van der Waals surface area (Å²) in [7, 11) is 3.58. The lowest BCUT2D eigenvalue weighted by Gasteiger charge is -2.28. The van der Waals surface area contributed by atoms with Gasteiger partial charge in [0.25, 0.3) is 5.88 Å². The van der Waals surface area contributed by atoms with Gasteiger partial charge in [-0.15, -0.1) is 0 Å². The lowest BCUT2D eigenvalue weighted by Crippen LogP contribution is -2.51. The highest BCUT2D eigenvalue weighted by Gasteiger charge is 2.35. The van der Waals surface area contributed by atoms with Gasteiger partial charge in [0.05, 0.1) is 23.7 Å². The van der Waals surface area contributed by atoms with E-state index in [4.69, 9.17) is 20.6 Å². The van der Waals surface area contributed by atoms with Gasteiger partial charge in [0.1, 0.15) is 17.5 Å². The van der Waals surface area contributed by atoms with E-state index in [1.165, 1.54) is 6.07 Å². The quantitative estimate of drug-likeness (QED) is 0.225. The number of guanidine groups is 1. The van der Waals surface area contributed by atoms with Crippen molar-refractivity contribution >= 4 is 41.1 Å². The van der Waals surface area contributed by atoms with E-state index < -0.39 is 24.3 Å². The average Bonchev–Trinajstić information content (AvgIpc) is 2.84. The Bertz CT molecular complexity index is 1460. The standard InChI is InChI=1S/C24H23N9O5/c1-33(2)16-7-6-12(11-25)8-17(16)38-22-19-20(29-15(10-18(34)35)21(36)30-19)31-24(32-22)37-14-5-3-4-13(9-14)28-23(26)27/h3-9,15H,10H2,1-2H3,(H,30,36)(H,34,35)(H4,26,27,28)(H,29,31,32). The molecule has 194 valence electrons. The highest BCUT2D eigenvalue weighted by Crippen LogP contribution is 2.31. The topological polar surface area (TPSA) is 211 Å². The van der Waals surface area contributed by atoms with Crippen LogP contribution < -0.4 is 36.1 Å². The van der Waals surface area contributed by atoms with Crippen LogP contribution in [0.3, 0.4) is 0 Å². The predicted octanol–water partition coefficient (Wildman–Crippen LogP) is 0.887. The number of aliphatic carboxylic acids is 1. The Morgan fingerprint density at radius 1 is 1.26 bits per heavy atom. The zero-order chi connectivity index (χ0) is 27.4. The van der Waals surface area contributed by atoms with Crippen LogP contribution in [0.5, 0.6) is 11.5 Å². The molecule has 1 atom stereocenters. The summed E-state index contributed by atoms with van der Waals surface area (Å²) in [4.78, 5) is 34.2. The van der Waals surface area contributed by atoms with Gasteiger partial charge in [0, 0.05) is 31.9 Å². The molecule has 0 fully saturated rings. The van der Waals surface area contributed by atoms with Crippen molar-refractivity contribution in [1.29, 1.82) is 10.7 Å². The smallest absolute Gasteiger partial charge is 0.306 e. The molecule has 2 aliphatic heterocycles. The number of nitriles is 1. The molecule has 0 saturated heterocycles. The molecule has 2 aliphatic rings. The molecule has 0 bridgehead atoms. The van der Waals surface area contributed by atoms with Gasteiger partial charge >= 0.3 is 12.0 Å². The maximum atomic E-state index is 12.6. The number of nitrogens with one attached hydrogen (secondary N) is 4. The Labute approximate surface area is 216 Å². The third-order valence-corrected chi connectivity index (χ3v) is 5.19. The second-order valence-corrected chi connectivity index (χ2v) is 8.26. The summed E-state index contributed by atoms with van der Waals surface area (Å²) in [6.07, 6.45) is -0.526. The number of carbonyl (C=O) groups excluding carboxylic acids is 1. The summed E-state index contributed by atoms with van der Waals surface area (Å²) >= 11 is 0. The first kappa shape index (κ1) is 25.5. The molecule has 2 aromatic rings. The molecule has 4 rings (SSSR count). The molecule has 0 radical (unpaired) electrons. The number of nitrogens with zero attached hydrogens (tertiary/aromatic N) is 4. The number of anilines is 2. The van der Waals surface area contributed by atoms with E-state index in [2.05, 4.69) is 32.0 Å². The van der Waals surface area contributed by atoms with Gasteiger partial charge in [0.2, 0.25) is 5.91 Å². The summed E-state index contributed by atoms with van der Waals surface area (Å²) in [6.45, 7) is 0. The largest absolute Gasteiger partial charge is 0.481 e. The number of amidine groups is 2. The Hall–Kier alpha value is -5.58. The van der Waals surface area contributed by atoms with Crippen LogP contribution in [0.15, 0.2) is 64.0 Å². The molecule has 0 aromatic heterocycles. The van der Waals surface area contributed by atoms with Crippen molar-refractivity contribution in [2.24, 2.45) is 15.7 Å². The van der Waals surface area contributed by atoms with Crippen molar-refractivity contribution in [2.75, 3.05) is 24.3 Å². The van der Waals surface area contributed by atoms with Gasteiger partial charge in [-0.1, -0.05) is 6.07 Å². The third-order valence-electron chi connectivity index (χ3n) is 5.19. The molecule has 2 heterocycles. The fraction of sp³-hybridized carbons (Fsp3) is 0.167. The third kappa shape index (κ3) is 5.79. The first-order valence-corrected chi connectivity index (χ1v) is 11.1. The number of hydrogen-bond donors (Lipinski definition) is 6. The van der Waals surface area contributed by atoms with E-state index in [9.17, 15) is 20.0 Å². The SMILES string of the molecule is CN(C)c1ccc(C#N)cc1OC1=C2NC(=O)C(CC(=O)O)N=C2NC(Oc2cccc(NC(=N)N)c2)=N1. The van der Waals surface area contributed by atoms with E-state index in [1.807, 2.05) is 0 Å². The van der Waals surface area contributed by atoms with Crippen LogP contribution in [0.4, 0.5) is 11.4 Å². The van der Waals surface area contributed by atoms with Gasteiger partial charge in [-0.05, 0) is 24.3 Å². The second-order valence-electron chi connectivity index (χ2n) is 8.26. The number of hydrogen-bond acceptors (Lipinski definition) is 10. The number of ether oxygens (including phenoxy) is 2. The predicted molar refractivity (Wildman–Crippen MR) is 138 cm³/mol. The first-order valence-electron chi connectivity index (χ1n) is 11.1. The van der Waals surface area contributed by atoms with Crippen LogP contribution in [0.1, 0.15) is 12.0 Å². The molecule has 2 aromatic carbocycles. The maximum Gasteiger partial charge on any atom is 0.306 e. The molecule has 14 heteroatoms. The minimum Gasteiger partial charge on any atom is -0.481 e. The lowest BCUT2D eigenvalue weighted by molar-refractivity contribution is -0.139. The molecular formula is C24H23N9O5. The molecule has 7 N–H and O–H groups in total. The van der Waals surface area contributed by atoms with Crippen LogP contribution >= 0.6 is 0 Å². The fourth-order valence-electron chi connectivity index (χ4n) is 3.54. The van der Waals surface area contributed by atoms with Crippen LogP contribution in [-0.2, 0) is 9.59 Å². The van der Waals surface area contributed by atoms with E-state index in [-0.39, 0.29) is 35.1 Å². The van der Waals surface area contributed by atoms with Gasteiger partial charge < -0.3 is 35.8 Å². The number of rotatable bonds is 7. The summed E-state index contributed by atoms with van der Waals surface area (Å²) in [6, 6.07) is 12.2. The highest BCUT2D eigenvalue weighted by molar-refractivity contribution is 6.14. The normalized spacial score (nSPS) is 16.0. The molecule has 0 saturated carbocycles. The molecule has 1 amide bonds. The molecule has 38 heavy (non-hydrogen) atoms. The van der Waals surface area contributed by atoms with Crippen molar-refractivity contribution < 1.29 is 24.2 Å². The van der Waals surface area contributed by atoms with Crippen molar-refractivity contribution in [2.45, 2.75) is 12.5 Å². The van der Waals surface area contributed by atoms with Gasteiger partial charge in [0.15, 0.2) is 17.5 Å². The molecule has 1 unspecified atom stereocenters. The molecule has 0 spiro atoms. The summed E-state index contributed by atoms with van der Waals surface area (Å²) in [5, 5.41) is 34.1. The van der Waals surface area contributed by atoms with E-state index >= 15 is 0 Å². The fourth-order valence-corrected chi connectivity index (χ4v) is 3.54. The Kier molecular flexibility index (Phi) is 7.10. The van der Waals surface area contributed by atoms with Crippen molar-refractivity contribution in [3.63, 3.8) is 0 Å². The number of nitrogens with two attached hydrogens (primary N) is 1. The van der Waals surface area contributed by atoms with Gasteiger partial charge in [-0.25, -0.2) is 0 Å². The number of benzene rings is 2. The average molecular weight is 518 g/mol. The Morgan fingerprint density at radius 2 is 2.05 bits per heavy atom. The number of amides is 1. The number of carbonyl (C=O) groups is 2. The van der Waals surface area contributed by atoms with Crippen LogP contribution in [0, 0.1) is 16.7 Å². The Morgan fingerprint density at radius 3 is 2.74 bits per heavy atom. The van der Waals surface area contributed by atoms with E-state index in [0.29, 0.717) is 22.7 Å². The van der Waals surface area contributed by atoms with Crippen molar-refractivity contribution in [1.82, 2.24) is 10.6 Å². The molecule has 14 nitrogen and oxygen atoms in total. The van der Waals surface area contributed by atoms with Gasteiger partial charge in [-0.3, -0.25) is 25.3 Å². The summed E-state index contributed by atoms with van der Waals surface area (Å²) in [5.41, 5.74) is 6.92. The lowest BCUT2D eigenvalue weighted by atomic mass is 10.1. The van der Waals surface area contributed by atoms with Crippen molar-refractivity contribution in [3.05, 3.63) is 59.6 Å². The van der Waals surface area contributed by atoms with E-state index in [0.717, 1.165) is 0 Å². The second kappa shape index (κ2) is 10.6. The minimum atomic E-state index is -1.20. The van der Waals surface area contributed by atoms with Gasteiger partial charge in [-0.2, -0.15) is 10.3 Å². The van der Waals surface area contributed by atoms with E-state index in [1.54, 1.807) is 55.4 Å². The zero-order valence-electron chi connectivity index (χ0n) is 20.3. The minimum absolute atomic E-state index is 0.0723.